The molecule has 1 radical (unpaired) electrons. The Balaban J connectivity index is 3.59. The molecule has 0 aromatic carbocycles. The van der Waals surface area contributed by atoms with E-state index in [0.29, 0.717) is 6.54 Å². The van der Waals surface area contributed by atoms with Crippen molar-refractivity contribution in [2.45, 2.75) is 6.92 Å². The number of carbonyl (C=O) groups excluding carboxylic acids is 1. The van der Waals surface area contributed by atoms with Crippen molar-refractivity contribution in [1.82, 2.24) is 4.90 Å². The fraction of sp³-hybridized carbons (Fsp3) is 0.667. The number of nitrogens with zero attached hydrogens (tertiary/aromatic N) is 2. The SMILES string of the molecule is [CH2]C(=O)N(CC)CCO[N+](=O)[O-]. The van der Waals surface area contributed by atoms with Gasteiger partial charge in [0.05, 0.1) is 0 Å². The van der Waals surface area contributed by atoms with Crippen LogP contribution in [-0.2, 0) is 9.63 Å². The largest absolute Gasteiger partial charge is 0.341 e. The first-order valence-electron chi connectivity index (χ1n) is 3.46. The summed E-state index contributed by atoms with van der Waals surface area (Å²) in [5.74, 6) is -0.357. The zero-order valence-electron chi connectivity index (χ0n) is 6.86. The highest BCUT2D eigenvalue weighted by atomic mass is 16.9. The minimum absolute atomic E-state index is 0.109. The zero-order chi connectivity index (χ0) is 9.56. The molecule has 0 N–H and O–H groups in total. The van der Waals surface area contributed by atoms with Crippen molar-refractivity contribution < 1.29 is 14.7 Å². The van der Waals surface area contributed by atoms with E-state index in [0.717, 1.165) is 0 Å². The van der Waals surface area contributed by atoms with E-state index in [1.807, 2.05) is 0 Å². The fourth-order valence-corrected chi connectivity index (χ4v) is 0.685. The van der Waals surface area contributed by atoms with Gasteiger partial charge in [-0.05, 0) is 6.92 Å². The molecule has 0 aliphatic heterocycles. The molecule has 0 spiro atoms. The van der Waals surface area contributed by atoms with Crippen molar-refractivity contribution in [2.75, 3.05) is 19.7 Å². The van der Waals surface area contributed by atoms with Crippen LogP contribution in [0.4, 0.5) is 0 Å². The van der Waals surface area contributed by atoms with Crippen molar-refractivity contribution in [2.24, 2.45) is 0 Å². The van der Waals surface area contributed by atoms with E-state index in [-0.39, 0.29) is 19.1 Å². The van der Waals surface area contributed by atoms with Crippen LogP contribution in [0.3, 0.4) is 0 Å². The van der Waals surface area contributed by atoms with Gasteiger partial charge in [0.2, 0.25) is 5.91 Å². The molecule has 0 aliphatic rings. The normalized spacial score (nSPS) is 9.17. The van der Waals surface area contributed by atoms with Crippen LogP contribution in [0, 0.1) is 17.0 Å². The summed E-state index contributed by atoms with van der Waals surface area (Å²) < 4.78 is 0. The maximum absolute atomic E-state index is 10.6. The Hall–Kier alpha value is -1.33. The predicted molar refractivity (Wildman–Crippen MR) is 40.6 cm³/mol. The van der Waals surface area contributed by atoms with E-state index in [4.69, 9.17) is 0 Å². The van der Waals surface area contributed by atoms with Crippen LogP contribution in [0.15, 0.2) is 0 Å². The van der Waals surface area contributed by atoms with Gasteiger partial charge in [-0.1, -0.05) is 0 Å². The molecule has 0 aromatic rings. The Morgan fingerprint density at radius 3 is 2.67 bits per heavy atom. The van der Waals surface area contributed by atoms with Gasteiger partial charge < -0.3 is 9.74 Å². The molecule has 0 saturated carbocycles. The van der Waals surface area contributed by atoms with E-state index >= 15 is 0 Å². The third kappa shape index (κ3) is 4.48. The first kappa shape index (κ1) is 10.7. The molecule has 0 heterocycles. The molecule has 0 fully saturated rings. The highest BCUT2D eigenvalue weighted by molar-refractivity contribution is 5.80. The van der Waals surface area contributed by atoms with Crippen LogP contribution in [0.2, 0.25) is 0 Å². The fourth-order valence-electron chi connectivity index (χ4n) is 0.685. The van der Waals surface area contributed by atoms with E-state index in [9.17, 15) is 14.9 Å². The molecule has 0 saturated heterocycles. The first-order valence-corrected chi connectivity index (χ1v) is 3.46. The highest BCUT2D eigenvalue weighted by Crippen LogP contribution is 1.88. The summed E-state index contributed by atoms with van der Waals surface area (Å²) in [6.07, 6.45) is 0. The van der Waals surface area contributed by atoms with Gasteiger partial charge >= 0.3 is 0 Å². The van der Waals surface area contributed by atoms with Crippen molar-refractivity contribution in [1.29, 1.82) is 0 Å². The average Bonchev–Trinajstić information content (AvgIpc) is 1.96. The lowest BCUT2D eigenvalue weighted by atomic mass is 10.5. The van der Waals surface area contributed by atoms with Crippen LogP contribution in [0.5, 0.6) is 0 Å². The standard InChI is InChI=1S/C6H11N2O4/c1-3-7(6(2)9)4-5-12-8(10)11/h2-5H2,1H3. The number of carbonyl (C=O) groups is 1. The second-order valence-corrected chi connectivity index (χ2v) is 2.03. The molecule has 0 aromatic heterocycles. The summed E-state index contributed by atoms with van der Waals surface area (Å²) in [6.45, 7) is 5.49. The molecule has 12 heavy (non-hydrogen) atoms. The molecular formula is C6H11N2O4. The molecule has 1 amide bonds. The maximum atomic E-state index is 10.6. The molecule has 0 bridgehead atoms. The lowest BCUT2D eigenvalue weighted by molar-refractivity contribution is -0.757. The van der Waals surface area contributed by atoms with Gasteiger partial charge in [-0.25, -0.2) is 0 Å². The third-order valence-electron chi connectivity index (χ3n) is 1.29. The van der Waals surface area contributed by atoms with Crippen LogP contribution in [0.1, 0.15) is 6.92 Å². The Labute approximate surface area is 70.2 Å². The minimum Gasteiger partial charge on any atom is -0.341 e. The van der Waals surface area contributed by atoms with E-state index < -0.39 is 5.09 Å². The number of likely N-dealkylation sites (N-methyl/N-ethyl adjacent to an activating group) is 1. The number of amides is 1. The Kier molecular flexibility index (Phi) is 4.75. The van der Waals surface area contributed by atoms with Gasteiger partial charge in [-0.2, -0.15) is 0 Å². The molecule has 0 rings (SSSR count). The van der Waals surface area contributed by atoms with Crippen molar-refractivity contribution >= 4 is 5.91 Å². The summed E-state index contributed by atoms with van der Waals surface area (Å²) in [4.78, 5) is 25.7. The second kappa shape index (κ2) is 5.34. The minimum atomic E-state index is -0.887. The van der Waals surface area contributed by atoms with E-state index in [1.54, 1.807) is 6.92 Å². The van der Waals surface area contributed by atoms with Gasteiger partial charge in [0.1, 0.15) is 6.61 Å². The van der Waals surface area contributed by atoms with Gasteiger partial charge in [-0.15, -0.1) is 10.1 Å². The van der Waals surface area contributed by atoms with Gasteiger partial charge in [0.25, 0.3) is 5.09 Å². The molecule has 6 nitrogen and oxygen atoms in total. The molecule has 6 heteroatoms. The Bertz CT molecular complexity index is 171. The number of hydrogen-bond acceptors (Lipinski definition) is 4. The summed E-state index contributed by atoms with van der Waals surface area (Å²) >= 11 is 0. The topological polar surface area (TPSA) is 72.7 Å². The van der Waals surface area contributed by atoms with Crippen LogP contribution >= 0.6 is 0 Å². The summed E-state index contributed by atoms with van der Waals surface area (Å²) in [6, 6.07) is 0. The van der Waals surface area contributed by atoms with Gasteiger partial charge in [-0.3, -0.25) is 4.79 Å². The maximum Gasteiger partial charge on any atom is 0.294 e. The smallest absolute Gasteiger partial charge is 0.294 e. The quantitative estimate of drug-likeness (QED) is 0.431. The molecule has 0 aliphatic carbocycles. The Morgan fingerprint density at radius 2 is 2.33 bits per heavy atom. The lowest BCUT2D eigenvalue weighted by Crippen LogP contribution is -2.32. The molecule has 0 unspecified atom stereocenters. The zero-order valence-corrected chi connectivity index (χ0v) is 6.86. The third-order valence-corrected chi connectivity index (χ3v) is 1.29. The molecule has 69 valence electrons. The number of hydrogen-bond donors (Lipinski definition) is 0. The van der Waals surface area contributed by atoms with E-state index in [1.165, 1.54) is 4.90 Å². The van der Waals surface area contributed by atoms with Crippen LogP contribution < -0.4 is 0 Å². The Morgan fingerprint density at radius 1 is 1.75 bits per heavy atom. The lowest BCUT2D eigenvalue weighted by Gasteiger charge is -2.17. The monoisotopic (exact) mass is 175 g/mol. The highest BCUT2D eigenvalue weighted by Gasteiger charge is 2.05. The molecule has 0 atom stereocenters. The summed E-state index contributed by atoms with van der Waals surface area (Å²) in [7, 11) is 0. The van der Waals surface area contributed by atoms with Crippen LogP contribution in [0.25, 0.3) is 0 Å². The summed E-state index contributed by atoms with van der Waals surface area (Å²) in [5, 5.41) is 8.82. The average molecular weight is 175 g/mol. The van der Waals surface area contributed by atoms with E-state index in [2.05, 4.69) is 11.8 Å². The molecular weight excluding hydrogens is 164 g/mol. The van der Waals surface area contributed by atoms with Gasteiger partial charge in [0, 0.05) is 20.0 Å². The second-order valence-electron chi connectivity index (χ2n) is 2.03. The van der Waals surface area contributed by atoms with Crippen LogP contribution in [-0.4, -0.2) is 35.6 Å². The van der Waals surface area contributed by atoms with Gasteiger partial charge in [0.15, 0.2) is 0 Å². The van der Waals surface area contributed by atoms with Crippen molar-refractivity contribution in [3.63, 3.8) is 0 Å². The summed E-state index contributed by atoms with van der Waals surface area (Å²) in [5.41, 5.74) is 0. The predicted octanol–water partition coefficient (Wildman–Crippen LogP) is -0.123. The number of rotatable bonds is 5. The van der Waals surface area contributed by atoms with Crippen molar-refractivity contribution in [3.8, 4) is 0 Å². The van der Waals surface area contributed by atoms with Crippen molar-refractivity contribution in [3.05, 3.63) is 17.0 Å². The first-order chi connectivity index (χ1) is 5.57.